The van der Waals surface area contributed by atoms with Gasteiger partial charge in [-0.3, -0.25) is 4.79 Å². The first-order valence-corrected chi connectivity index (χ1v) is 8.08. The quantitative estimate of drug-likeness (QED) is 0.483. The van der Waals surface area contributed by atoms with Gasteiger partial charge in [-0.15, -0.1) is 0 Å². The van der Waals surface area contributed by atoms with Gasteiger partial charge < -0.3 is 25.3 Å². The molecule has 0 unspecified atom stereocenters. The molecule has 136 valence electrons. The molecule has 0 atom stereocenters. The third-order valence-electron chi connectivity index (χ3n) is 4.73. The van der Waals surface area contributed by atoms with E-state index in [2.05, 4.69) is 16.0 Å². The minimum absolute atomic E-state index is 0.226. The number of aliphatic hydroxyl groups is 1. The molecule has 5 N–H and O–H groups in total. The molecule has 1 fully saturated rings. The van der Waals surface area contributed by atoms with Crippen LogP contribution in [0.2, 0.25) is 0 Å². The van der Waals surface area contributed by atoms with Crippen LogP contribution in [0.25, 0.3) is 17.1 Å². The maximum atomic E-state index is 11.8. The van der Waals surface area contributed by atoms with E-state index in [1.54, 1.807) is 29.1 Å². The Kier molecular flexibility index (Phi) is 4.65. The predicted molar refractivity (Wildman–Crippen MR) is 96.0 cm³/mol. The summed E-state index contributed by atoms with van der Waals surface area (Å²) in [6.07, 6.45) is 6.72. The number of nitrogens with two attached hydrogens (primary N) is 2. The number of aliphatic hydroxyl groups excluding tert-OH is 1. The number of hydrogen-bond acceptors (Lipinski definition) is 7. The van der Waals surface area contributed by atoms with E-state index in [9.17, 15) is 9.90 Å². The third-order valence-corrected chi connectivity index (χ3v) is 4.73. The predicted octanol–water partition coefficient (Wildman–Crippen LogP) is -0.171. The second kappa shape index (κ2) is 6.76. The molecule has 0 aliphatic carbocycles. The Hall–Kier alpha value is -2.93. The van der Waals surface area contributed by atoms with Crippen molar-refractivity contribution >= 4 is 23.0 Å². The number of hydrogen-bond donors (Lipinski definition) is 3. The molecule has 1 amide bonds. The van der Waals surface area contributed by atoms with E-state index < -0.39 is 11.4 Å². The molecule has 1 aliphatic heterocycles. The molecule has 9 nitrogen and oxygen atoms in total. The first-order chi connectivity index (χ1) is 12.4. The summed E-state index contributed by atoms with van der Waals surface area (Å²) >= 11 is 0. The number of nitrogens with zero attached hydrogens (tertiary/aromatic N) is 5. The topological polar surface area (TPSA) is 137 Å². The van der Waals surface area contributed by atoms with Gasteiger partial charge in [0, 0.05) is 42.6 Å². The molecule has 0 bridgehead atoms. The van der Waals surface area contributed by atoms with Gasteiger partial charge in [0.25, 0.3) is 5.91 Å². The summed E-state index contributed by atoms with van der Waals surface area (Å²) in [7, 11) is 1.96. The van der Waals surface area contributed by atoms with E-state index >= 15 is 0 Å². The Morgan fingerprint density at radius 1 is 1.58 bits per heavy atom. The molecule has 9 heteroatoms. The minimum Gasteiger partial charge on any atom is -0.376 e. The minimum atomic E-state index is -0.602. The Morgan fingerprint density at radius 2 is 2.31 bits per heavy atom. The number of nitriles is 1. The van der Waals surface area contributed by atoms with Crippen LogP contribution in [0.3, 0.4) is 0 Å². The summed E-state index contributed by atoms with van der Waals surface area (Å²) in [6.45, 7) is 1.13. The van der Waals surface area contributed by atoms with Crippen LogP contribution in [0, 0.1) is 11.3 Å². The Labute approximate surface area is 150 Å². The highest BCUT2D eigenvalue weighted by Crippen LogP contribution is 2.29. The van der Waals surface area contributed by atoms with Gasteiger partial charge in [0.15, 0.2) is 0 Å². The fraction of sp³-hybridized carbons (Fsp3) is 0.353. The summed E-state index contributed by atoms with van der Waals surface area (Å²) in [6, 6.07) is 3.94. The molecule has 0 spiro atoms. The highest BCUT2D eigenvalue weighted by Gasteiger charge is 2.44. The highest BCUT2D eigenvalue weighted by atomic mass is 16.3. The van der Waals surface area contributed by atoms with E-state index in [1.165, 1.54) is 11.2 Å². The van der Waals surface area contributed by atoms with Crippen LogP contribution in [0.5, 0.6) is 0 Å². The van der Waals surface area contributed by atoms with Crippen molar-refractivity contribution in [1.29, 1.82) is 5.26 Å². The van der Waals surface area contributed by atoms with Crippen molar-refractivity contribution in [2.45, 2.75) is 18.7 Å². The van der Waals surface area contributed by atoms with Crippen molar-refractivity contribution in [2.24, 2.45) is 11.6 Å². The van der Waals surface area contributed by atoms with Gasteiger partial charge in [0.05, 0.1) is 23.6 Å². The lowest BCUT2D eigenvalue weighted by molar-refractivity contribution is -0.0115. The molecule has 0 saturated carbocycles. The van der Waals surface area contributed by atoms with Crippen molar-refractivity contribution in [3.63, 3.8) is 0 Å². The summed E-state index contributed by atoms with van der Waals surface area (Å²) < 4.78 is 1.55. The fourth-order valence-corrected chi connectivity index (χ4v) is 3.43. The number of carbonyl (C=O) groups excluding carboxylic acids is 1. The van der Waals surface area contributed by atoms with Crippen molar-refractivity contribution in [3.8, 4) is 6.07 Å². The molecule has 0 radical (unpaired) electrons. The van der Waals surface area contributed by atoms with E-state index in [0.29, 0.717) is 36.1 Å². The standard InChI is InChI=1S/C17H21N7O2/c1-22-9-17(10-22,4-5-18)24(20)7-3-12-13-2-6-23(11-25)16(13)21-8-14(12)15(19)26/h2-3,6-8,25H,4,9-11,20H2,1H3,(H2,19,26)/b7-3+. The zero-order valence-electron chi connectivity index (χ0n) is 14.5. The van der Waals surface area contributed by atoms with Gasteiger partial charge in [0.1, 0.15) is 12.4 Å². The highest BCUT2D eigenvalue weighted by molar-refractivity contribution is 6.02. The maximum absolute atomic E-state index is 11.8. The van der Waals surface area contributed by atoms with Crippen LogP contribution in [0.15, 0.2) is 24.7 Å². The third kappa shape index (κ3) is 2.90. The lowest BCUT2D eigenvalue weighted by Crippen LogP contribution is -2.69. The van der Waals surface area contributed by atoms with E-state index in [1.807, 2.05) is 7.05 Å². The van der Waals surface area contributed by atoms with Crippen LogP contribution in [0.1, 0.15) is 22.3 Å². The van der Waals surface area contributed by atoms with E-state index in [4.69, 9.17) is 16.8 Å². The number of aromatic nitrogens is 2. The molecule has 2 aromatic heterocycles. The molecule has 1 saturated heterocycles. The Morgan fingerprint density at radius 3 is 2.88 bits per heavy atom. The van der Waals surface area contributed by atoms with Crippen LogP contribution < -0.4 is 11.6 Å². The first kappa shape index (κ1) is 17.9. The van der Waals surface area contributed by atoms with Crippen LogP contribution >= 0.6 is 0 Å². The number of rotatable bonds is 6. The number of carbonyl (C=O) groups is 1. The van der Waals surface area contributed by atoms with Crippen LogP contribution in [0.4, 0.5) is 0 Å². The number of fused-ring (bicyclic) bond motifs is 1. The average molecular weight is 355 g/mol. The molecular weight excluding hydrogens is 334 g/mol. The second-order valence-electron chi connectivity index (χ2n) is 6.57. The number of likely N-dealkylation sites (N-methyl/N-ethyl adjacent to an activating group) is 1. The van der Waals surface area contributed by atoms with Gasteiger partial charge in [-0.25, -0.2) is 10.8 Å². The first-order valence-electron chi connectivity index (χ1n) is 8.08. The van der Waals surface area contributed by atoms with Gasteiger partial charge in [-0.1, -0.05) is 0 Å². The Balaban J connectivity index is 2.00. The summed E-state index contributed by atoms with van der Waals surface area (Å²) in [5.41, 5.74) is 6.40. The van der Waals surface area contributed by atoms with Crippen molar-refractivity contribution in [2.75, 3.05) is 20.1 Å². The lowest BCUT2D eigenvalue weighted by atomic mass is 9.86. The smallest absolute Gasteiger partial charge is 0.250 e. The van der Waals surface area contributed by atoms with Crippen molar-refractivity contribution < 1.29 is 9.90 Å². The van der Waals surface area contributed by atoms with Crippen molar-refractivity contribution in [3.05, 3.63) is 35.8 Å². The summed E-state index contributed by atoms with van der Waals surface area (Å²) in [5.74, 6) is 5.60. The fourth-order valence-electron chi connectivity index (χ4n) is 3.43. The van der Waals surface area contributed by atoms with E-state index in [-0.39, 0.29) is 12.3 Å². The van der Waals surface area contributed by atoms with E-state index in [0.717, 1.165) is 0 Å². The number of hydrazine groups is 1. The molecule has 1 aliphatic rings. The number of amides is 1. The molecule has 2 aromatic rings. The normalized spacial score (nSPS) is 16.5. The van der Waals surface area contributed by atoms with Gasteiger partial charge in [0.2, 0.25) is 0 Å². The largest absolute Gasteiger partial charge is 0.376 e. The number of pyridine rings is 1. The zero-order chi connectivity index (χ0) is 18.9. The van der Waals surface area contributed by atoms with Gasteiger partial charge in [-0.2, -0.15) is 5.26 Å². The van der Waals surface area contributed by atoms with Gasteiger partial charge >= 0.3 is 0 Å². The van der Waals surface area contributed by atoms with Crippen LogP contribution in [-0.2, 0) is 6.73 Å². The average Bonchev–Trinajstić information content (AvgIpc) is 3.00. The zero-order valence-corrected chi connectivity index (χ0v) is 14.5. The summed E-state index contributed by atoms with van der Waals surface area (Å²) in [4.78, 5) is 18.1. The number of primary amides is 1. The SMILES string of the molecule is CN1CC(CC#N)(N(N)/C=C/c2c(C(N)=O)cnc3c2ccn3CO)C1. The monoisotopic (exact) mass is 355 g/mol. The maximum Gasteiger partial charge on any atom is 0.250 e. The Bertz CT molecular complexity index is 906. The number of likely N-dealkylation sites (tertiary alicyclic amines) is 1. The molecule has 26 heavy (non-hydrogen) atoms. The second-order valence-corrected chi connectivity index (χ2v) is 6.57. The van der Waals surface area contributed by atoms with Crippen LogP contribution in [-0.4, -0.2) is 56.1 Å². The van der Waals surface area contributed by atoms with Crippen molar-refractivity contribution in [1.82, 2.24) is 19.5 Å². The molecule has 0 aromatic carbocycles. The summed E-state index contributed by atoms with van der Waals surface area (Å²) in [5, 5.41) is 20.7. The molecule has 3 heterocycles. The lowest BCUT2D eigenvalue weighted by Gasteiger charge is -2.51. The van der Waals surface area contributed by atoms with Gasteiger partial charge in [-0.05, 0) is 19.2 Å². The molecule has 3 rings (SSSR count). The molecular formula is C17H21N7O2.